The molecule has 25 heavy (non-hydrogen) atoms. The van der Waals surface area contributed by atoms with E-state index in [0.717, 1.165) is 24.3 Å². The van der Waals surface area contributed by atoms with Gasteiger partial charge in [0.25, 0.3) is 0 Å². The molecule has 0 aliphatic rings. The summed E-state index contributed by atoms with van der Waals surface area (Å²) in [5.41, 5.74) is 1.90. The predicted molar refractivity (Wildman–Crippen MR) is 101 cm³/mol. The molecule has 0 spiro atoms. The van der Waals surface area contributed by atoms with Crippen molar-refractivity contribution in [3.8, 4) is 5.75 Å². The smallest absolute Gasteiger partial charge is 0.224 e. The molecule has 1 amide bonds. The summed E-state index contributed by atoms with van der Waals surface area (Å²) in [7, 11) is 0. The SMILES string of the molecule is CCNCc1ccccc1NC(=O)CCCOc1ccc(F)cc1.Cl. The summed E-state index contributed by atoms with van der Waals surface area (Å²) in [6, 6.07) is 13.6. The van der Waals surface area contributed by atoms with Crippen LogP contribution in [0, 0.1) is 5.82 Å². The van der Waals surface area contributed by atoms with Gasteiger partial charge in [-0.2, -0.15) is 0 Å². The highest BCUT2D eigenvalue weighted by molar-refractivity contribution is 5.91. The van der Waals surface area contributed by atoms with Gasteiger partial charge in [-0.15, -0.1) is 12.4 Å². The number of hydrogen-bond donors (Lipinski definition) is 2. The fourth-order valence-corrected chi connectivity index (χ4v) is 2.22. The van der Waals surface area contributed by atoms with E-state index < -0.39 is 0 Å². The Hall–Kier alpha value is -2.11. The number of hydrogen-bond acceptors (Lipinski definition) is 3. The highest BCUT2D eigenvalue weighted by Crippen LogP contribution is 2.15. The Balaban J connectivity index is 0.00000312. The maximum atomic E-state index is 12.8. The Kier molecular flexibility index (Phi) is 9.58. The van der Waals surface area contributed by atoms with E-state index in [0.29, 0.717) is 25.2 Å². The molecule has 2 N–H and O–H groups in total. The Morgan fingerprint density at radius 1 is 1.12 bits per heavy atom. The summed E-state index contributed by atoms with van der Waals surface area (Å²) in [5.74, 6) is 0.271. The molecule has 136 valence electrons. The summed E-state index contributed by atoms with van der Waals surface area (Å²) in [6.45, 7) is 4.06. The summed E-state index contributed by atoms with van der Waals surface area (Å²) < 4.78 is 18.3. The first-order valence-corrected chi connectivity index (χ1v) is 8.16. The van der Waals surface area contributed by atoms with Gasteiger partial charge in [0.05, 0.1) is 6.61 Å². The van der Waals surface area contributed by atoms with Gasteiger partial charge in [-0.3, -0.25) is 4.79 Å². The van der Waals surface area contributed by atoms with E-state index in [9.17, 15) is 9.18 Å². The van der Waals surface area contributed by atoms with E-state index in [1.54, 1.807) is 12.1 Å². The van der Waals surface area contributed by atoms with Crippen LogP contribution >= 0.6 is 12.4 Å². The first-order chi connectivity index (χ1) is 11.7. The Bertz CT molecular complexity index is 650. The van der Waals surface area contributed by atoms with Crippen LogP contribution in [0.4, 0.5) is 10.1 Å². The van der Waals surface area contributed by atoms with Crippen LogP contribution in [-0.2, 0) is 11.3 Å². The van der Waals surface area contributed by atoms with Gasteiger partial charge in [0, 0.05) is 18.7 Å². The van der Waals surface area contributed by atoms with E-state index in [4.69, 9.17) is 4.74 Å². The lowest BCUT2D eigenvalue weighted by Crippen LogP contribution is -2.17. The number of carbonyl (C=O) groups is 1. The van der Waals surface area contributed by atoms with Crippen LogP contribution in [0.5, 0.6) is 5.75 Å². The lowest BCUT2D eigenvalue weighted by Gasteiger charge is -2.11. The van der Waals surface area contributed by atoms with Crippen LogP contribution in [0.3, 0.4) is 0 Å². The van der Waals surface area contributed by atoms with Gasteiger partial charge < -0.3 is 15.4 Å². The number of para-hydroxylation sites is 1. The maximum absolute atomic E-state index is 12.8. The fourth-order valence-electron chi connectivity index (χ4n) is 2.22. The largest absolute Gasteiger partial charge is 0.494 e. The average Bonchev–Trinajstić information content (AvgIpc) is 2.59. The normalized spacial score (nSPS) is 10.0. The molecule has 0 unspecified atom stereocenters. The maximum Gasteiger partial charge on any atom is 0.224 e. The molecule has 2 aromatic carbocycles. The molecular weight excluding hydrogens is 343 g/mol. The molecule has 0 fully saturated rings. The minimum Gasteiger partial charge on any atom is -0.494 e. The minimum atomic E-state index is -0.294. The third kappa shape index (κ3) is 7.54. The summed E-state index contributed by atoms with van der Waals surface area (Å²) in [5, 5.41) is 6.20. The van der Waals surface area contributed by atoms with Crippen molar-refractivity contribution in [2.75, 3.05) is 18.5 Å². The van der Waals surface area contributed by atoms with E-state index in [1.807, 2.05) is 31.2 Å². The Morgan fingerprint density at radius 2 is 1.84 bits per heavy atom. The molecule has 2 rings (SSSR count). The summed E-state index contributed by atoms with van der Waals surface area (Å²) in [4.78, 5) is 12.1. The molecule has 6 heteroatoms. The number of nitrogens with one attached hydrogen (secondary N) is 2. The van der Waals surface area contributed by atoms with Crippen LogP contribution < -0.4 is 15.4 Å². The first-order valence-electron chi connectivity index (χ1n) is 8.16. The van der Waals surface area contributed by atoms with Crippen molar-refractivity contribution < 1.29 is 13.9 Å². The zero-order chi connectivity index (χ0) is 17.2. The average molecular weight is 367 g/mol. The van der Waals surface area contributed by atoms with Crippen molar-refractivity contribution in [2.45, 2.75) is 26.3 Å². The van der Waals surface area contributed by atoms with Gasteiger partial charge >= 0.3 is 0 Å². The second-order valence-electron chi connectivity index (χ2n) is 5.39. The van der Waals surface area contributed by atoms with Crippen molar-refractivity contribution in [1.82, 2.24) is 5.32 Å². The second-order valence-corrected chi connectivity index (χ2v) is 5.39. The number of rotatable bonds is 9. The second kappa shape index (κ2) is 11.4. The van der Waals surface area contributed by atoms with Crippen LogP contribution in [0.1, 0.15) is 25.3 Å². The highest BCUT2D eigenvalue weighted by atomic mass is 35.5. The van der Waals surface area contributed by atoms with Gasteiger partial charge in [0.15, 0.2) is 0 Å². The molecule has 0 bridgehead atoms. The van der Waals surface area contributed by atoms with E-state index in [-0.39, 0.29) is 24.1 Å². The van der Waals surface area contributed by atoms with Gasteiger partial charge in [-0.1, -0.05) is 25.1 Å². The molecule has 0 saturated carbocycles. The Labute approximate surface area is 154 Å². The highest BCUT2D eigenvalue weighted by Gasteiger charge is 2.06. The van der Waals surface area contributed by atoms with Crippen molar-refractivity contribution in [3.05, 3.63) is 59.9 Å². The quantitative estimate of drug-likeness (QED) is 0.655. The third-order valence-electron chi connectivity index (χ3n) is 3.49. The van der Waals surface area contributed by atoms with Crippen molar-refractivity contribution in [1.29, 1.82) is 0 Å². The van der Waals surface area contributed by atoms with E-state index in [1.165, 1.54) is 12.1 Å². The lowest BCUT2D eigenvalue weighted by atomic mass is 10.1. The van der Waals surface area contributed by atoms with E-state index in [2.05, 4.69) is 10.6 Å². The number of amides is 1. The zero-order valence-corrected chi connectivity index (χ0v) is 15.1. The Morgan fingerprint density at radius 3 is 2.56 bits per heavy atom. The number of carbonyl (C=O) groups excluding carboxylic acids is 1. The topological polar surface area (TPSA) is 50.4 Å². The zero-order valence-electron chi connectivity index (χ0n) is 14.3. The van der Waals surface area contributed by atoms with Crippen LogP contribution in [0.2, 0.25) is 0 Å². The van der Waals surface area contributed by atoms with Gasteiger partial charge in [0.1, 0.15) is 11.6 Å². The van der Waals surface area contributed by atoms with Gasteiger partial charge in [0.2, 0.25) is 5.91 Å². The van der Waals surface area contributed by atoms with Crippen LogP contribution in [-0.4, -0.2) is 19.1 Å². The summed E-state index contributed by atoms with van der Waals surface area (Å²) in [6.07, 6.45) is 0.968. The number of ether oxygens (including phenoxy) is 1. The summed E-state index contributed by atoms with van der Waals surface area (Å²) >= 11 is 0. The number of anilines is 1. The van der Waals surface area contributed by atoms with E-state index >= 15 is 0 Å². The molecule has 0 aliphatic carbocycles. The number of benzene rings is 2. The molecule has 2 aromatic rings. The molecule has 0 radical (unpaired) electrons. The fraction of sp³-hybridized carbons (Fsp3) is 0.316. The van der Waals surface area contributed by atoms with Crippen molar-refractivity contribution in [3.63, 3.8) is 0 Å². The number of halogens is 2. The molecule has 4 nitrogen and oxygen atoms in total. The van der Waals surface area contributed by atoms with Gasteiger partial charge in [-0.25, -0.2) is 4.39 Å². The predicted octanol–water partition coefficient (Wildman–Crippen LogP) is 4.15. The van der Waals surface area contributed by atoms with Crippen molar-refractivity contribution >= 4 is 24.0 Å². The molecule has 0 aliphatic heterocycles. The molecule has 0 aromatic heterocycles. The van der Waals surface area contributed by atoms with Crippen LogP contribution in [0.15, 0.2) is 48.5 Å². The molecule has 0 saturated heterocycles. The standard InChI is InChI=1S/C19H23FN2O2.ClH/c1-2-21-14-15-6-3-4-7-18(15)22-19(23)8-5-13-24-17-11-9-16(20)10-12-17;/h3-4,6-7,9-12,21H,2,5,8,13-14H2,1H3,(H,22,23);1H. The van der Waals surface area contributed by atoms with Crippen LogP contribution in [0.25, 0.3) is 0 Å². The monoisotopic (exact) mass is 366 g/mol. The van der Waals surface area contributed by atoms with Crippen molar-refractivity contribution in [2.24, 2.45) is 0 Å². The molecular formula is C19H24ClFN2O2. The molecule has 0 heterocycles. The minimum absolute atomic E-state index is 0. The first kappa shape index (κ1) is 20.9. The van der Waals surface area contributed by atoms with Gasteiger partial charge in [-0.05, 0) is 48.9 Å². The molecule has 0 atom stereocenters. The third-order valence-corrected chi connectivity index (χ3v) is 3.49. The lowest BCUT2D eigenvalue weighted by molar-refractivity contribution is -0.116.